The maximum absolute atomic E-state index is 5.03. The Bertz CT molecular complexity index is 534. The monoisotopic (exact) mass is 259 g/mol. The first-order valence-electron chi connectivity index (χ1n) is 6.50. The summed E-state index contributed by atoms with van der Waals surface area (Å²) in [5, 5.41) is 7.67. The van der Waals surface area contributed by atoms with Gasteiger partial charge >= 0.3 is 0 Å². The standard InChI is InChI=1S/C15H21N3O/c1-12-4-5-14(13(2)8-12)9-16-15-10-17-18(11-15)6-7-19-3/h4-5,8,10-11,16H,6-7,9H2,1-3H3. The number of benzene rings is 1. The molecule has 0 aliphatic heterocycles. The summed E-state index contributed by atoms with van der Waals surface area (Å²) in [4.78, 5) is 0. The van der Waals surface area contributed by atoms with Gasteiger partial charge in [-0.2, -0.15) is 5.10 Å². The van der Waals surface area contributed by atoms with Gasteiger partial charge in [-0.25, -0.2) is 0 Å². The van der Waals surface area contributed by atoms with E-state index < -0.39 is 0 Å². The molecular formula is C15H21N3O. The zero-order valence-corrected chi connectivity index (χ0v) is 11.8. The van der Waals surface area contributed by atoms with Crippen LogP contribution in [0.4, 0.5) is 5.69 Å². The molecule has 2 aromatic rings. The van der Waals surface area contributed by atoms with Crippen LogP contribution in [0.15, 0.2) is 30.6 Å². The lowest BCUT2D eigenvalue weighted by Gasteiger charge is -2.08. The summed E-state index contributed by atoms with van der Waals surface area (Å²) in [6, 6.07) is 6.53. The molecule has 0 unspecified atom stereocenters. The highest BCUT2D eigenvalue weighted by atomic mass is 16.5. The lowest BCUT2D eigenvalue weighted by atomic mass is 10.1. The first kappa shape index (κ1) is 13.6. The van der Waals surface area contributed by atoms with Crippen LogP contribution in [0.5, 0.6) is 0 Å². The molecule has 4 heteroatoms. The van der Waals surface area contributed by atoms with E-state index in [0.29, 0.717) is 6.61 Å². The molecule has 4 nitrogen and oxygen atoms in total. The summed E-state index contributed by atoms with van der Waals surface area (Å²) in [5.41, 5.74) is 4.97. The number of nitrogens with zero attached hydrogens (tertiary/aromatic N) is 2. The van der Waals surface area contributed by atoms with E-state index >= 15 is 0 Å². The van der Waals surface area contributed by atoms with Crippen molar-refractivity contribution in [2.45, 2.75) is 26.9 Å². The number of aromatic nitrogens is 2. The van der Waals surface area contributed by atoms with Crippen LogP contribution in [-0.2, 0) is 17.8 Å². The number of hydrogen-bond acceptors (Lipinski definition) is 3. The van der Waals surface area contributed by atoms with Crippen molar-refractivity contribution in [2.75, 3.05) is 19.0 Å². The zero-order valence-electron chi connectivity index (χ0n) is 11.8. The molecule has 102 valence electrons. The molecule has 1 aromatic carbocycles. The van der Waals surface area contributed by atoms with E-state index in [0.717, 1.165) is 18.8 Å². The second-order valence-electron chi connectivity index (χ2n) is 4.77. The van der Waals surface area contributed by atoms with Crippen molar-refractivity contribution in [1.82, 2.24) is 9.78 Å². The van der Waals surface area contributed by atoms with Gasteiger partial charge in [0, 0.05) is 19.9 Å². The molecule has 0 bridgehead atoms. The average molecular weight is 259 g/mol. The topological polar surface area (TPSA) is 39.1 Å². The average Bonchev–Trinajstić information content (AvgIpc) is 2.83. The number of methoxy groups -OCH3 is 1. The number of hydrogen-bond donors (Lipinski definition) is 1. The Morgan fingerprint density at radius 3 is 2.89 bits per heavy atom. The van der Waals surface area contributed by atoms with Crippen molar-refractivity contribution in [3.8, 4) is 0 Å². The van der Waals surface area contributed by atoms with Crippen molar-refractivity contribution in [2.24, 2.45) is 0 Å². The van der Waals surface area contributed by atoms with Gasteiger partial charge in [0.15, 0.2) is 0 Å². The molecule has 19 heavy (non-hydrogen) atoms. The van der Waals surface area contributed by atoms with Gasteiger partial charge in [0.05, 0.1) is 25.0 Å². The fraction of sp³-hybridized carbons (Fsp3) is 0.400. The van der Waals surface area contributed by atoms with Gasteiger partial charge in [0.25, 0.3) is 0 Å². The smallest absolute Gasteiger partial charge is 0.0729 e. The van der Waals surface area contributed by atoms with E-state index in [4.69, 9.17) is 4.74 Å². The minimum absolute atomic E-state index is 0.679. The van der Waals surface area contributed by atoms with Gasteiger partial charge < -0.3 is 10.1 Å². The number of nitrogens with one attached hydrogen (secondary N) is 1. The van der Waals surface area contributed by atoms with E-state index in [1.54, 1.807) is 7.11 Å². The summed E-state index contributed by atoms with van der Waals surface area (Å²) in [6.07, 6.45) is 3.85. The number of ether oxygens (including phenoxy) is 1. The molecule has 1 heterocycles. The molecule has 1 N–H and O–H groups in total. The molecule has 0 atom stereocenters. The Hall–Kier alpha value is -1.81. The van der Waals surface area contributed by atoms with E-state index in [1.807, 2.05) is 17.1 Å². The normalized spacial score (nSPS) is 10.7. The van der Waals surface area contributed by atoms with Gasteiger partial charge in [-0.05, 0) is 25.0 Å². The molecule has 0 aliphatic carbocycles. The summed E-state index contributed by atoms with van der Waals surface area (Å²) in [6.45, 7) is 6.54. The third kappa shape index (κ3) is 3.83. The lowest BCUT2D eigenvalue weighted by molar-refractivity contribution is 0.183. The number of rotatable bonds is 6. The number of aryl methyl sites for hydroxylation is 2. The van der Waals surface area contributed by atoms with Crippen LogP contribution < -0.4 is 5.32 Å². The number of anilines is 1. The predicted octanol–water partition coefficient (Wildman–Crippen LogP) is 2.76. The zero-order chi connectivity index (χ0) is 13.7. The van der Waals surface area contributed by atoms with Crippen molar-refractivity contribution in [3.05, 3.63) is 47.3 Å². The third-order valence-electron chi connectivity index (χ3n) is 3.14. The first-order valence-corrected chi connectivity index (χ1v) is 6.50. The van der Waals surface area contributed by atoms with Crippen LogP contribution >= 0.6 is 0 Å². The first-order chi connectivity index (χ1) is 9.19. The highest BCUT2D eigenvalue weighted by molar-refractivity contribution is 5.40. The van der Waals surface area contributed by atoms with Crippen molar-refractivity contribution >= 4 is 5.69 Å². The SMILES string of the molecule is COCCn1cc(NCc2ccc(C)cc2C)cn1. The summed E-state index contributed by atoms with van der Waals surface area (Å²) in [7, 11) is 1.70. The molecule has 0 aliphatic rings. The Labute approximate surface area is 114 Å². The van der Waals surface area contributed by atoms with Crippen LogP contribution in [0.3, 0.4) is 0 Å². The van der Waals surface area contributed by atoms with E-state index in [-0.39, 0.29) is 0 Å². The lowest BCUT2D eigenvalue weighted by Crippen LogP contribution is -2.04. The minimum Gasteiger partial charge on any atom is -0.383 e. The van der Waals surface area contributed by atoms with E-state index in [1.165, 1.54) is 16.7 Å². The third-order valence-corrected chi connectivity index (χ3v) is 3.14. The van der Waals surface area contributed by atoms with Crippen LogP contribution in [0.2, 0.25) is 0 Å². The molecule has 0 fully saturated rings. The quantitative estimate of drug-likeness (QED) is 0.867. The maximum atomic E-state index is 5.03. The van der Waals surface area contributed by atoms with Gasteiger partial charge in [0.2, 0.25) is 0 Å². The van der Waals surface area contributed by atoms with E-state index in [2.05, 4.69) is 42.5 Å². The molecule has 1 aromatic heterocycles. The Balaban J connectivity index is 1.92. The van der Waals surface area contributed by atoms with Crippen LogP contribution in [0.25, 0.3) is 0 Å². The van der Waals surface area contributed by atoms with Gasteiger partial charge in [0.1, 0.15) is 0 Å². The van der Waals surface area contributed by atoms with Crippen LogP contribution in [0, 0.1) is 13.8 Å². The molecular weight excluding hydrogens is 238 g/mol. The van der Waals surface area contributed by atoms with Gasteiger partial charge in [-0.1, -0.05) is 23.8 Å². The molecule has 0 saturated carbocycles. The second kappa shape index (κ2) is 6.38. The van der Waals surface area contributed by atoms with Crippen molar-refractivity contribution in [1.29, 1.82) is 0 Å². The fourth-order valence-electron chi connectivity index (χ4n) is 2.00. The molecule has 0 amide bonds. The molecule has 0 spiro atoms. The fourth-order valence-corrected chi connectivity index (χ4v) is 2.00. The van der Waals surface area contributed by atoms with Gasteiger partial charge in [-0.15, -0.1) is 0 Å². The largest absolute Gasteiger partial charge is 0.383 e. The Morgan fingerprint density at radius 2 is 2.16 bits per heavy atom. The van der Waals surface area contributed by atoms with Crippen molar-refractivity contribution < 1.29 is 4.74 Å². The summed E-state index contributed by atoms with van der Waals surface area (Å²) >= 11 is 0. The predicted molar refractivity (Wildman–Crippen MR) is 77.3 cm³/mol. The summed E-state index contributed by atoms with van der Waals surface area (Å²) < 4.78 is 6.91. The van der Waals surface area contributed by atoms with Gasteiger partial charge in [-0.3, -0.25) is 4.68 Å². The maximum Gasteiger partial charge on any atom is 0.0729 e. The molecule has 0 radical (unpaired) electrons. The molecule has 2 rings (SSSR count). The second-order valence-corrected chi connectivity index (χ2v) is 4.77. The van der Waals surface area contributed by atoms with E-state index in [9.17, 15) is 0 Å². The highest BCUT2D eigenvalue weighted by Gasteiger charge is 2.01. The highest BCUT2D eigenvalue weighted by Crippen LogP contribution is 2.13. The Kier molecular flexibility index (Phi) is 4.58. The Morgan fingerprint density at radius 1 is 1.32 bits per heavy atom. The van der Waals surface area contributed by atoms with Crippen LogP contribution in [0.1, 0.15) is 16.7 Å². The summed E-state index contributed by atoms with van der Waals surface area (Å²) in [5.74, 6) is 0. The molecule has 0 saturated heterocycles. The van der Waals surface area contributed by atoms with Crippen LogP contribution in [-0.4, -0.2) is 23.5 Å². The minimum atomic E-state index is 0.679. The van der Waals surface area contributed by atoms with Crippen molar-refractivity contribution in [3.63, 3.8) is 0 Å².